The maximum absolute atomic E-state index is 13.4. The van der Waals surface area contributed by atoms with Crippen LogP contribution in [0.3, 0.4) is 0 Å². The maximum atomic E-state index is 13.4. The van der Waals surface area contributed by atoms with E-state index in [-0.39, 0.29) is 27.7 Å². The first-order valence-corrected chi connectivity index (χ1v) is 12.4. The quantitative estimate of drug-likeness (QED) is 0.260. The molecule has 2 aromatic heterocycles. The highest BCUT2D eigenvalue weighted by Crippen LogP contribution is 2.32. The second kappa shape index (κ2) is 11.9. The van der Waals surface area contributed by atoms with E-state index in [1.807, 2.05) is 0 Å². The van der Waals surface area contributed by atoms with Gasteiger partial charge < -0.3 is 15.4 Å². The Morgan fingerprint density at radius 3 is 2.29 bits per heavy atom. The molecule has 222 valence electrons. The Morgan fingerprint density at radius 1 is 1.00 bits per heavy atom. The van der Waals surface area contributed by atoms with E-state index < -0.39 is 60.3 Å². The minimum atomic E-state index is -5.07. The topological polar surface area (TPSA) is 122 Å². The Morgan fingerprint density at radius 2 is 1.67 bits per heavy atom. The molecule has 0 aliphatic carbocycles. The van der Waals surface area contributed by atoms with Crippen LogP contribution in [0.1, 0.15) is 22.9 Å². The van der Waals surface area contributed by atoms with Gasteiger partial charge in [0.05, 0.1) is 18.2 Å². The van der Waals surface area contributed by atoms with E-state index in [0.29, 0.717) is 9.25 Å². The number of pyridine rings is 1. The van der Waals surface area contributed by atoms with Gasteiger partial charge in [-0.15, -0.1) is 5.10 Å². The van der Waals surface area contributed by atoms with Crippen molar-refractivity contribution in [1.82, 2.24) is 24.6 Å². The third-order valence-corrected chi connectivity index (χ3v) is 6.26. The summed E-state index contributed by atoms with van der Waals surface area (Å²) in [6.45, 7) is -2.11. The Kier molecular flexibility index (Phi) is 8.63. The van der Waals surface area contributed by atoms with Crippen molar-refractivity contribution in [2.45, 2.75) is 37.6 Å². The number of H-pyrrole nitrogens is 1. The lowest BCUT2D eigenvalue weighted by Gasteiger charge is -2.20. The van der Waals surface area contributed by atoms with Crippen LogP contribution in [0.15, 0.2) is 76.3 Å². The van der Waals surface area contributed by atoms with Gasteiger partial charge in [-0.05, 0) is 48.0 Å². The number of nitrogens with one attached hydrogen (secondary N) is 2. The molecule has 0 radical (unpaired) electrons. The average Bonchev–Trinajstić information content (AvgIpc) is 3.21. The van der Waals surface area contributed by atoms with Gasteiger partial charge in [-0.1, -0.05) is 29.8 Å². The summed E-state index contributed by atoms with van der Waals surface area (Å²) in [6, 6.07) is 12.0. The van der Waals surface area contributed by atoms with Crippen LogP contribution >= 0.6 is 11.6 Å². The molecule has 2 atom stereocenters. The Labute approximate surface area is 237 Å². The molecule has 1 amide bonds. The average molecular weight is 616 g/mol. The Hall–Kier alpha value is -4.37. The number of carbonyl (C=O) groups excluding carboxylic acids is 1. The predicted octanol–water partition coefficient (Wildman–Crippen LogP) is 3.90. The summed E-state index contributed by atoms with van der Waals surface area (Å²) in [5.41, 5.74) is -2.71. The molecule has 0 bridgehead atoms. The largest absolute Gasteiger partial charge is 0.416 e. The first-order chi connectivity index (χ1) is 19.6. The normalized spacial score (nSPS) is 13.5. The number of aromatic amines is 1. The molecule has 42 heavy (non-hydrogen) atoms. The molecule has 0 fully saturated rings. The number of nitrogens with zero attached hydrogens (tertiary/aromatic N) is 3. The first-order valence-electron chi connectivity index (χ1n) is 12.0. The van der Waals surface area contributed by atoms with Crippen LogP contribution in [0, 0.1) is 0 Å². The monoisotopic (exact) mass is 615 g/mol. The standard InChI is InChI=1S/C26H20ClF6N5O4/c27-17-9-7-14(8-10-17)23-36-38(24(42)37(23)12-19(39)26(31,32)33)13-21(41)35-22(18-5-2-6-20(40)34-18)15-3-1-4-16(11-15)25(28,29)30/h1-11,19,22,39H,12-13H2,(H,34,40)(H,35,41). The summed E-state index contributed by atoms with van der Waals surface area (Å²) in [6.07, 6.45) is -12.7. The molecule has 0 saturated heterocycles. The molecule has 4 rings (SSSR count). The van der Waals surface area contributed by atoms with Gasteiger partial charge in [0, 0.05) is 22.3 Å². The van der Waals surface area contributed by atoms with Crippen molar-refractivity contribution in [3.05, 3.63) is 109 Å². The van der Waals surface area contributed by atoms with Crippen LogP contribution in [-0.4, -0.2) is 42.6 Å². The van der Waals surface area contributed by atoms with E-state index in [1.54, 1.807) is 0 Å². The van der Waals surface area contributed by atoms with Crippen LogP contribution in [0.2, 0.25) is 5.02 Å². The van der Waals surface area contributed by atoms with Gasteiger partial charge in [-0.3, -0.25) is 14.2 Å². The summed E-state index contributed by atoms with van der Waals surface area (Å²) in [7, 11) is 0. The second-order valence-electron chi connectivity index (χ2n) is 9.03. The number of aliphatic hydroxyl groups is 1. The number of alkyl halides is 6. The fraction of sp³-hybridized carbons (Fsp3) is 0.231. The van der Waals surface area contributed by atoms with Crippen molar-refractivity contribution in [2.75, 3.05) is 0 Å². The number of benzene rings is 2. The Balaban J connectivity index is 1.70. The van der Waals surface area contributed by atoms with Gasteiger partial charge in [0.15, 0.2) is 11.9 Å². The summed E-state index contributed by atoms with van der Waals surface area (Å²) in [4.78, 5) is 40.5. The van der Waals surface area contributed by atoms with Gasteiger partial charge in [-0.2, -0.15) is 26.3 Å². The van der Waals surface area contributed by atoms with Crippen molar-refractivity contribution in [1.29, 1.82) is 0 Å². The van der Waals surface area contributed by atoms with E-state index in [0.717, 1.165) is 24.3 Å². The van der Waals surface area contributed by atoms with E-state index in [2.05, 4.69) is 15.4 Å². The van der Waals surface area contributed by atoms with Crippen molar-refractivity contribution in [3.8, 4) is 11.4 Å². The zero-order valence-electron chi connectivity index (χ0n) is 21.1. The van der Waals surface area contributed by atoms with Crippen molar-refractivity contribution in [3.63, 3.8) is 0 Å². The zero-order valence-corrected chi connectivity index (χ0v) is 21.8. The molecule has 0 aliphatic rings. The minimum Gasteiger partial charge on any atom is -0.382 e. The Bertz CT molecular complexity index is 1700. The van der Waals surface area contributed by atoms with Crippen molar-refractivity contribution in [2.24, 2.45) is 0 Å². The number of aromatic nitrogens is 4. The van der Waals surface area contributed by atoms with E-state index in [9.17, 15) is 45.8 Å². The molecule has 2 unspecified atom stereocenters. The fourth-order valence-corrected chi connectivity index (χ4v) is 4.13. The van der Waals surface area contributed by atoms with E-state index in [4.69, 9.17) is 11.6 Å². The third kappa shape index (κ3) is 7.09. The summed E-state index contributed by atoms with van der Waals surface area (Å²) in [5, 5.41) is 16.3. The summed E-state index contributed by atoms with van der Waals surface area (Å²) >= 11 is 5.86. The van der Waals surface area contributed by atoms with Gasteiger partial charge in [0.1, 0.15) is 6.54 Å². The number of halogens is 7. The molecule has 3 N–H and O–H groups in total. The molecule has 0 aliphatic heterocycles. The summed E-state index contributed by atoms with van der Waals surface area (Å²) in [5.74, 6) is -1.29. The molecule has 2 heterocycles. The molecule has 2 aromatic carbocycles. The maximum Gasteiger partial charge on any atom is 0.416 e. The van der Waals surface area contributed by atoms with Crippen LogP contribution in [0.25, 0.3) is 11.4 Å². The number of carbonyl (C=O) groups is 1. The number of aliphatic hydroxyl groups excluding tert-OH is 1. The van der Waals surface area contributed by atoms with Gasteiger partial charge in [0.25, 0.3) is 0 Å². The SMILES string of the molecule is O=C(Cn1nc(-c2ccc(Cl)cc2)n(CC(O)C(F)(F)F)c1=O)NC(c1cccc(C(F)(F)F)c1)c1cccc(=O)[nH]1. The molecule has 0 spiro atoms. The highest BCUT2D eigenvalue weighted by Gasteiger charge is 2.39. The van der Waals surface area contributed by atoms with E-state index >= 15 is 0 Å². The lowest BCUT2D eigenvalue weighted by Crippen LogP contribution is -2.39. The van der Waals surface area contributed by atoms with Gasteiger partial charge >= 0.3 is 18.0 Å². The van der Waals surface area contributed by atoms with Gasteiger partial charge in [0.2, 0.25) is 11.5 Å². The molecule has 4 aromatic rings. The summed E-state index contributed by atoms with van der Waals surface area (Å²) < 4.78 is 80.5. The smallest absolute Gasteiger partial charge is 0.382 e. The highest BCUT2D eigenvalue weighted by molar-refractivity contribution is 6.30. The lowest BCUT2D eigenvalue weighted by atomic mass is 10.0. The van der Waals surface area contributed by atoms with Crippen molar-refractivity contribution >= 4 is 17.5 Å². The first kappa shape index (κ1) is 30.6. The van der Waals surface area contributed by atoms with Crippen molar-refractivity contribution < 1.29 is 36.2 Å². The predicted molar refractivity (Wildman–Crippen MR) is 137 cm³/mol. The van der Waals surface area contributed by atoms with Crippen LogP contribution in [-0.2, 0) is 24.1 Å². The van der Waals surface area contributed by atoms with Crippen LogP contribution in [0.5, 0.6) is 0 Å². The van der Waals surface area contributed by atoms with E-state index in [1.165, 1.54) is 42.5 Å². The van der Waals surface area contributed by atoms with Crippen LogP contribution in [0.4, 0.5) is 26.3 Å². The molecular weight excluding hydrogens is 596 g/mol. The number of amides is 1. The fourth-order valence-electron chi connectivity index (χ4n) is 4.01. The number of hydrogen-bond donors (Lipinski definition) is 3. The molecular formula is C26H20ClF6N5O4. The molecule has 0 saturated carbocycles. The molecule has 9 nitrogen and oxygen atoms in total. The van der Waals surface area contributed by atoms with Gasteiger partial charge in [-0.25, -0.2) is 9.48 Å². The van der Waals surface area contributed by atoms with Crippen LogP contribution < -0.4 is 16.6 Å². The zero-order chi connectivity index (χ0) is 30.8. The highest BCUT2D eigenvalue weighted by atomic mass is 35.5. The lowest BCUT2D eigenvalue weighted by molar-refractivity contribution is -0.207. The number of hydrogen-bond acceptors (Lipinski definition) is 5. The molecule has 16 heteroatoms. The second-order valence-corrected chi connectivity index (χ2v) is 9.47. The third-order valence-electron chi connectivity index (χ3n) is 6.01. The number of rotatable bonds is 8. The minimum absolute atomic E-state index is 0.0169.